The van der Waals surface area contributed by atoms with Crippen LogP contribution in [0.1, 0.15) is 29.8 Å². The van der Waals surface area contributed by atoms with E-state index in [0.29, 0.717) is 17.8 Å². The van der Waals surface area contributed by atoms with Gasteiger partial charge < -0.3 is 20.7 Å². The second-order valence-electron chi connectivity index (χ2n) is 6.49. The molecule has 0 radical (unpaired) electrons. The number of hydrogen-bond acceptors (Lipinski definition) is 5. The van der Waals surface area contributed by atoms with E-state index in [4.69, 9.17) is 10.5 Å². The van der Waals surface area contributed by atoms with Crippen molar-refractivity contribution in [1.29, 1.82) is 0 Å². The number of hydrogen-bond donors (Lipinski definition) is 2. The number of pyridine rings is 1. The fourth-order valence-corrected chi connectivity index (χ4v) is 2.99. The number of ether oxygens (including phenoxy) is 1. The standard InChI is InChI=1S/C19H24N4O2/c1-13-11-23(12-14(2)25-13)18-8-3-15(9-21-18)10-22-19(24)16-4-6-17(20)7-5-16/h3-9,13-14H,10-12,20H2,1-2H3,(H,22,24). The summed E-state index contributed by atoms with van der Waals surface area (Å²) >= 11 is 0. The Morgan fingerprint density at radius 3 is 2.48 bits per heavy atom. The molecular weight excluding hydrogens is 316 g/mol. The van der Waals surface area contributed by atoms with Gasteiger partial charge in [-0.2, -0.15) is 0 Å². The van der Waals surface area contributed by atoms with Gasteiger partial charge in [0.25, 0.3) is 5.91 Å². The lowest BCUT2D eigenvalue weighted by Gasteiger charge is -2.36. The van der Waals surface area contributed by atoms with Crippen LogP contribution < -0.4 is 16.0 Å². The maximum Gasteiger partial charge on any atom is 0.251 e. The van der Waals surface area contributed by atoms with Crippen molar-refractivity contribution in [2.45, 2.75) is 32.6 Å². The van der Waals surface area contributed by atoms with Crippen LogP contribution in [-0.4, -0.2) is 36.2 Å². The fraction of sp³-hybridized carbons (Fsp3) is 0.368. The van der Waals surface area contributed by atoms with Crippen molar-refractivity contribution in [3.63, 3.8) is 0 Å². The maximum absolute atomic E-state index is 12.1. The molecule has 2 unspecified atom stereocenters. The fourth-order valence-electron chi connectivity index (χ4n) is 2.99. The molecule has 2 heterocycles. The first-order valence-electron chi connectivity index (χ1n) is 8.50. The summed E-state index contributed by atoms with van der Waals surface area (Å²) < 4.78 is 5.75. The summed E-state index contributed by atoms with van der Waals surface area (Å²) in [4.78, 5) is 18.9. The third-order valence-electron chi connectivity index (χ3n) is 4.18. The first-order chi connectivity index (χ1) is 12.0. The molecule has 1 fully saturated rings. The van der Waals surface area contributed by atoms with Crippen LogP contribution in [-0.2, 0) is 11.3 Å². The molecule has 2 aromatic rings. The van der Waals surface area contributed by atoms with Crippen LogP contribution in [0.25, 0.3) is 0 Å². The Labute approximate surface area is 148 Å². The number of nitrogens with zero attached hydrogens (tertiary/aromatic N) is 2. The van der Waals surface area contributed by atoms with Gasteiger partial charge in [0.05, 0.1) is 12.2 Å². The van der Waals surface area contributed by atoms with Gasteiger partial charge in [-0.15, -0.1) is 0 Å². The quantitative estimate of drug-likeness (QED) is 0.834. The molecule has 1 aliphatic rings. The summed E-state index contributed by atoms with van der Waals surface area (Å²) in [5.74, 6) is 0.815. The van der Waals surface area contributed by atoms with Crippen molar-refractivity contribution in [3.05, 3.63) is 53.7 Å². The number of benzene rings is 1. The zero-order valence-corrected chi connectivity index (χ0v) is 14.6. The van der Waals surface area contributed by atoms with E-state index in [1.165, 1.54) is 0 Å². The molecule has 1 aromatic carbocycles. The number of nitrogens with one attached hydrogen (secondary N) is 1. The number of carbonyl (C=O) groups is 1. The number of carbonyl (C=O) groups excluding carboxylic acids is 1. The van der Waals surface area contributed by atoms with Gasteiger partial charge in [0.15, 0.2) is 0 Å². The van der Waals surface area contributed by atoms with Gasteiger partial charge in [0.1, 0.15) is 5.82 Å². The van der Waals surface area contributed by atoms with Crippen molar-refractivity contribution in [3.8, 4) is 0 Å². The molecule has 6 heteroatoms. The first-order valence-corrected chi connectivity index (χ1v) is 8.50. The molecule has 0 saturated carbocycles. The summed E-state index contributed by atoms with van der Waals surface area (Å²) in [6.07, 6.45) is 2.21. The normalized spacial score (nSPS) is 20.3. The molecule has 0 aliphatic carbocycles. The zero-order chi connectivity index (χ0) is 17.8. The number of nitrogen functional groups attached to an aromatic ring is 1. The summed E-state index contributed by atoms with van der Waals surface area (Å²) in [5.41, 5.74) is 7.83. The van der Waals surface area contributed by atoms with Crippen LogP contribution >= 0.6 is 0 Å². The van der Waals surface area contributed by atoms with Crippen molar-refractivity contribution in [1.82, 2.24) is 10.3 Å². The van der Waals surface area contributed by atoms with Crippen LogP contribution in [0.4, 0.5) is 11.5 Å². The number of amides is 1. The lowest BCUT2D eigenvalue weighted by atomic mass is 10.2. The van der Waals surface area contributed by atoms with E-state index in [-0.39, 0.29) is 18.1 Å². The van der Waals surface area contributed by atoms with Crippen LogP contribution in [0.3, 0.4) is 0 Å². The van der Waals surface area contributed by atoms with Crippen LogP contribution in [0.2, 0.25) is 0 Å². The minimum absolute atomic E-state index is 0.125. The molecule has 6 nitrogen and oxygen atoms in total. The smallest absolute Gasteiger partial charge is 0.251 e. The van der Waals surface area contributed by atoms with Crippen LogP contribution in [0, 0.1) is 0 Å². The predicted octanol–water partition coefficient (Wildman–Crippen LogP) is 2.21. The molecule has 0 spiro atoms. The predicted molar refractivity (Wildman–Crippen MR) is 98.5 cm³/mol. The largest absolute Gasteiger partial charge is 0.399 e. The zero-order valence-electron chi connectivity index (χ0n) is 14.6. The van der Waals surface area contributed by atoms with Crippen molar-refractivity contribution in [2.75, 3.05) is 23.7 Å². The van der Waals surface area contributed by atoms with Crippen molar-refractivity contribution in [2.24, 2.45) is 0 Å². The summed E-state index contributed by atoms with van der Waals surface area (Å²) in [5, 5.41) is 2.89. The minimum atomic E-state index is -0.125. The lowest BCUT2D eigenvalue weighted by Crippen LogP contribution is -2.45. The number of anilines is 2. The number of aromatic nitrogens is 1. The molecule has 25 heavy (non-hydrogen) atoms. The molecule has 1 aromatic heterocycles. The van der Waals surface area contributed by atoms with E-state index >= 15 is 0 Å². The van der Waals surface area contributed by atoms with E-state index in [1.54, 1.807) is 24.3 Å². The van der Waals surface area contributed by atoms with Crippen LogP contribution in [0.15, 0.2) is 42.6 Å². The van der Waals surface area contributed by atoms with Gasteiger partial charge in [-0.05, 0) is 49.7 Å². The van der Waals surface area contributed by atoms with E-state index in [1.807, 2.05) is 18.3 Å². The van der Waals surface area contributed by atoms with Crippen molar-refractivity contribution < 1.29 is 9.53 Å². The topological polar surface area (TPSA) is 80.5 Å². The lowest BCUT2D eigenvalue weighted by molar-refractivity contribution is -0.00546. The van der Waals surface area contributed by atoms with Gasteiger partial charge in [-0.1, -0.05) is 6.07 Å². The maximum atomic E-state index is 12.1. The Hall–Kier alpha value is -2.60. The highest BCUT2D eigenvalue weighted by atomic mass is 16.5. The third-order valence-corrected chi connectivity index (χ3v) is 4.18. The monoisotopic (exact) mass is 340 g/mol. The summed E-state index contributed by atoms with van der Waals surface area (Å²) in [7, 11) is 0. The Morgan fingerprint density at radius 2 is 1.88 bits per heavy atom. The highest BCUT2D eigenvalue weighted by Gasteiger charge is 2.22. The Bertz CT molecular complexity index is 705. The molecule has 132 valence electrons. The van der Waals surface area contributed by atoms with E-state index < -0.39 is 0 Å². The van der Waals surface area contributed by atoms with Crippen LogP contribution in [0.5, 0.6) is 0 Å². The molecule has 3 N–H and O–H groups in total. The average Bonchev–Trinajstić information content (AvgIpc) is 2.60. The van der Waals surface area contributed by atoms with Crippen molar-refractivity contribution >= 4 is 17.4 Å². The number of morpholine rings is 1. The molecule has 1 saturated heterocycles. The van der Waals surface area contributed by atoms with Gasteiger partial charge >= 0.3 is 0 Å². The van der Waals surface area contributed by atoms with E-state index in [9.17, 15) is 4.79 Å². The second kappa shape index (κ2) is 7.53. The Balaban J connectivity index is 1.57. The molecule has 2 atom stereocenters. The molecule has 1 aliphatic heterocycles. The molecule has 0 bridgehead atoms. The number of rotatable bonds is 4. The highest BCUT2D eigenvalue weighted by Crippen LogP contribution is 2.18. The van der Waals surface area contributed by atoms with Gasteiger partial charge in [-0.3, -0.25) is 4.79 Å². The number of nitrogens with two attached hydrogens (primary N) is 1. The average molecular weight is 340 g/mol. The van der Waals surface area contributed by atoms with E-state index in [2.05, 4.69) is 29.0 Å². The van der Waals surface area contributed by atoms with Gasteiger partial charge in [0.2, 0.25) is 0 Å². The Morgan fingerprint density at radius 1 is 1.20 bits per heavy atom. The van der Waals surface area contributed by atoms with Gasteiger partial charge in [0, 0.05) is 37.1 Å². The minimum Gasteiger partial charge on any atom is -0.399 e. The SMILES string of the molecule is CC1CN(c2ccc(CNC(=O)c3ccc(N)cc3)cn2)CC(C)O1. The highest BCUT2D eigenvalue weighted by molar-refractivity contribution is 5.94. The summed E-state index contributed by atoms with van der Waals surface area (Å²) in [6.45, 7) is 6.26. The second-order valence-corrected chi connectivity index (χ2v) is 6.49. The molecule has 1 amide bonds. The molecular formula is C19H24N4O2. The third kappa shape index (κ3) is 4.48. The first kappa shape index (κ1) is 17.2. The van der Waals surface area contributed by atoms with Gasteiger partial charge in [-0.25, -0.2) is 4.98 Å². The van der Waals surface area contributed by atoms with E-state index in [0.717, 1.165) is 24.5 Å². The summed E-state index contributed by atoms with van der Waals surface area (Å²) in [6, 6.07) is 10.9. The molecule has 3 rings (SSSR count). The Kier molecular flexibility index (Phi) is 5.19.